The zero-order valence-corrected chi connectivity index (χ0v) is 13.8. The third-order valence-corrected chi connectivity index (χ3v) is 4.91. The maximum atomic E-state index is 12.6. The van der Waals surface area contributed by atoms with Gasteiger partial charge < -0.3 is 4.52 Å². The van der Waals surface area contributed by atoms with Crippen molar-refractivity contribution in [3.05, 3.63) is 63.8 Å². The van der Waals surface area contributed by atoms with E-state index < -0.39 is 0 Å². The molecule has 3 heterocycles. The highest BCUT2D eigenvalue weighted by molar-refractivity contribution is 7.18. The van der Waals surface area contributed by atoms with Crippen molar-refractivity contribution in [1.29, 1.82) is 0 Å². The quantitative estimate of drug-likeness (QED) is 0.571. The van der Waals surface area contributed by atoms with Gasteiger partial charge in [0.15, 0.2) is 0 Å². The molecule has 4 aromatic rings. The second-order valence-corrected chi connectivity index (χ2v) is 6.46. The van der Waals surface area contributed by atoms with Crippen molar-refractivity contribution >= 4 is 21.6 Å². The Morgan fingerprint density at radius 2 is 2.08 bits per heavy atom. The minimum atomic E-state index is -0.0876. The van der Waals surface area contributed by atoms with Gasteiger partial charge in [0.25, 0.3) is 5.56 Å². The molecule has 0 saturated heterocycles. The lowest BCUT2D eigenvalue weighted by Crippen LogP contribution is -2.20. The molecule has 24 heavy (non-hydrogen) atoms. The third kappa shape index (κ3) is 2.63. The normalized spacial score (nSPS) is 11.2. The first-order valence-electron chi connectivity index (χ1n) is 7.60. The second kappa shape index (κ2) is 6.01. The molecule has 0 atom stereocenters. The average Bonchev–Trinajstić information content (AvgIpc) is 3.25. The number of fused-ring (bicyclic) bond motifs is 1. The Morgan fingerprint density at radius 3 is 2.88 bits per heavy atom. The molecule has 4 rings (SSSR count). The lowest BCUT2D eigenvalue weighted by Gasteiger charge is -2.00. The largest absolute Gasteiger partial charge is 0.337 e. The number of hydrogen-bond acceptors (Lipinski definition) is 6. The monoisotopic (exact) mass is 338 g/mol. The number of thiophene rings is 1. The van der Waals surface area contributed by atoms with Crippen molar-refractivity contribution in [1.82, 2.24) is 19.7 Å². The fourth-order valence-electron chi connectivity index (χ4n) is 2.47. The van der Waals surface area contributed by atoms with Crippen molar-refractivity contribution < 1.29 is 4.52 Å². The van der Waals surface area contributed by atoms with Gasteiger partial charge in [-0.05, 0) is 12.5 Å². The molecule has 0 N–H and O–H groups in total. The third-order valence-electron chi connectivity index (χ3n) is 3.72. The van der Waals surface area contributed by atoms with Crippen LogP contribution in [0.4, 0.5) is 0 Å². The number of benzene rings is 1. The molecule has 0 spiro atoms. The molecule has 0 unspecified atom stereocenters. The van der Waals surface area contributed by atoms with Crippen LogP contribution in [0.15, 0.2) is 52.0 Å². The van der Waals surface area contributed by atoms with E-state index in [9.17, 15) is 4.79 Å². The highest BCUT2D eigenvalue weighted by Crippen LogP contribution is 2.21. The average molecular weight is 338 g/mol. The SMILES string of the molecule is CCc1cc2c(=O)n(Cc3nc(-c4ccccc4)no3)cnc2s1. The molecule has 0 radical (unpaired) electrons. The Morgan fingerprint density at radius 1 is 1.25 bits per heavy atom. The standard InChI is InChI=1S/C17H14N4O2S/c1-2-12-8-13-16(24-12)18-10-21(17(13)22)9-14-19-15(20-23-14)11-6-4-3-5-7-11/h3-8,10H,2,9H2,1H3. The van der Waals surface area contributed by atoms with E-state index in [0.717, 1.165) is 21.7 Å². The molecule has 0 saturated carbocycles. The number of nitrogens with zero attached hydrogens (tertiary/aromatic N) is 4. The number of aryl methyl sites for hydroxylation is 1. The fraction of sp³-hybridized carbons (Fsp3) is 0.176. The Hall–Kier alpha value is -2.80. The van der Waals surface area contributed by atoms with Crippen molar-refractivity contribution in [3.63, 3.8) is 0 Å². The lowest BCUT2D eigenvalue weighted by atomic mass is 10.2. The molecular weight excluding hydrogens is 324 g/mol. The molecule has 1 aromatic carbocycles. The van der Waals surface area contributed by atoms with Crippen LogP contribution in [-0.4, -0.2) is 19.7 Å². The van der Waals surface area contributed by atoms with Crippen LogP contribution in [0.1, 0.15) is 17.7 Å². The summed E-state index contributed by atoms with van der Waals surface area (Å²) in [6, 6.07) is 11.5. The Kier molecular flexibility index (Phi) is 3.70. The molecule has 0 aliphatic carbocycles. The number of aromatic nitrogens is 4. The summed E-state index contributed by atoms with van der Waals surface area (Å²) in [5, 5.41) is 4.61. The molecule has 7 heteroatoms. The van der Waals surface area contributed by atoms with Gasteiger partial charge in [-0.15, -0.1) is 11.3 Å². The predicted octanol–water partition coefficient (Wildman–Crippen LogP) is 3.12. The summed E-state index contributed by atoms with van der Waals surface area (Å²) in [4.78, 5) is 23.2. The topological polar surface area (TPSA) is 73.8 Å². The molecule has 120 valence electrons. The van der Waals surface area contributed by atoms with Crippen LogP contribution in [0.3, 0.4) is 0 Å². The summed E-state index contributed by atoms with van der Waals surface area (Å²) in [5.74, 6) is 0.888. The summed E-state index contributed by atoms with van der Waals surface area (Å²) < 4.78 is 6.77. The molecule has 0 aliphatic rings. The summed E-state index contributed by atoms with van der Waals surface area (Å²) in [7, 11) is 0. The summed E-state index contributed by atoms with van der Waals surface area (Å²) in [6.07, 6.45) is 2.43. The fourth-order valence-corrected chi connectivity index (χ4v) is 3.39. The maximum Gasteiger partial charge on any atom is 0.262 e. The van der Waals surface area contributed by atoms with Crippen LogP contribution in [0.5, 0.6) is 0 Å². The van der Waals surface area contributed by atoms with Gasteiger partial charge in [-0.1, -0.05) is 42.4 Å². The summed E-state index contributed by atoms with van der Waals surface area (Å²) in [5.41, 5.74) is 0.786. The summed E-state index contributed by atoms with van der Waals surface area (Å²) >= 11 is 1.55. The highest BCUT2D eigenvalue weighted by atomic mass is 32.1. The first kappa shape index (κ1) is 14.8. The van der Waals surface area contributed by atoms with E-state index in [1.54, 1.807) is 11.3 Å². The van der Waals surface area contributed by atoms with E-state index >= 15 is 0 Å². The van der Waals surface area contributed by atoms with Crippen molar-refractivity contribution in [2.24, 2.45) is 0 Å². The van der Waals surface area contributed by atoms with E-state index in [4.69, 9.17) is 4.52 Å². The van der Waals surface area contributed by atoms with Crippen LogP contribution in [0.25, 0.3) is 21.6 Å². The van der Waals surface area contributed by atoms with Crippen molar-refractivity contribution in [3.8, 4) is 11.4 Å². The number of hydrogen-bond donors (Lipinski definition) is 0. The van der Waals surface area contributed by atoms with Crippen LogP contribution in [-0.2, 0) is 13.0 Å². The smallest absolute Gasteiger partial charge is 0.262 e. The van der Waals surface area contributed by atoms with Crippen molar-refractivity contribution in [2.75, 3.05) is 0 Å². The van der Waals surface area contributed by atoms with Gasteiger partial charge in [0, 0.05) is 10.4 Å². The highest BCUT2D eigenvalue weighted by Gasteiger charge is 2.12. The van der Waals surface area contributed by atoms with Gasteiger partial charge in [0.05, 0.1) is 11.7 Å². The molecule has 3 aromatic heterocycles. The zero-order valence-electron chi connectivity index (χ0n) is 13.0. The van der Waals surface area contributed by atoms with Crippen molar-refractivity contribution in [2.45, 2.75) is 19.9 Å². The van der Waals surface area contributed by atoms with Gasteiger partial charge >= 0.3 is 0 Å². The predicted molar refractivity (Wildman–Crippen MR) is 92.1 cm³/mol. The van der Waals surface area contributed by atoms with E-state index in [2.05, 4.69) is 22.0 Å². The number of rotatable bonds is 4. The second-order valence-electron chi connectivity index (χ2n) is 5.34. The minimum Gasteiger partial charge on any atom is -0.337 e. The van der Waals surface area contributed by atoms with Gasteiger partial charge in [-0.25, -0.2) is 4.98 Å². The van der Waals surface area contributed by atoms with Gasteiger partial charge in [-0.3, -0.25) is 9.36 Å². The molecule has 0 bridgehead atoms. The minimum absolute atomic E-state index is 0.0876. The van der Waals surface area contributed by atoms with E-state index in [1.165, 1.54) is 10.9 Å². The zero-order chi connectivity index (χ0) is 16.5. The molecule has 6 nitrogen and oxygen atoms in total. The Balaban J connectivity index is 1.66. The first-order valence-corrected chi connectivity index (χ1v) is 8.42. The molecule has 0 fully saturated rings. The lowest BCUT2D eigenvalue weighted by molar-refractivity contribution is 0.369. The van der Waals surface area contributed by atoms with E-state index in [-0.39, 0.29) is 12.1 Å². The van der Waals surface area contributed by atoms with Gasteiger partial charge in [0.2, 0.25) is 11.7 Å². The van der Waals surface area contributed by atoms with Gasteiger partial charge in [0.1, 0.15) is 11.4 Å². The van der Waals surface area contributed by atoms with Crippen LogP contribution in [0, 0.1) is 0 Å². The molecule has 0 amide bonds. The Bertz CT molecular complexity index is 1050. The summed E-state index contributed by atoms with van der Waals surface area (Å²) in [6.45, 7) is 2.27. The van der Waals surface area contributed by atoms with Crippen LogP contribution >= 0.6 is 11.3 Å². The van der Waals surface area contributed by atoms with Crippen LogP contribution in [0.2, 0.25) is 0 Å². The maximum absolute atomic E-state index is 12.6. The van der Waals surface area contributed by atoms with E-state index in [1.807, 2.05) is 36.4 Å². The van der Waals surface area contributed by atoms with Crippen LogP contribution < -0.4 is 5.56 Å². The Labute approximate surface area is 141 Å². The van der Waals surface area contributed by atoms with Gasteiger partial charge in [-0.2, -0.15) is 4.98 Å². The molecular formula is C17H14N4O2S. The first-order chi connectivity index (χ1) is 11.7. The molecule has 0 aliphatic heterocycles. The van der Waals surface area contributed by atoms with E-state index in [0.29, 0.717) is 17.1 Å².